The molecule has 1 heterocycles. The van der Waals surface area contributed by atoms with E-state index in [2.05, 4.69) is 10.3 Å². The van der Waals surface area contributed by atoms with Gasteiger partial charge in [-0.05, 0) is 42.5 Å². The van der Waals surface area contributed by atoms with Crippen LogP contribution in [0, 0.1) is 0 Å². The maximum absolute atomic E-state index is 9.99. The van der Waals surface area contributed by atoms with Gasteiger partial charge in [0.25, 0.3) is 0 Å². The Bertz CT molecular complexity index is 580. The lowest BCUT2D eigenvalue weighted by atomic mass is 9.89. The molecule has 0 saturated heterocycles. The van der Waals surface area contributed by atoms with Crippen LogP contribution in [0.4, 0.5) is 0 Å². The number of aliphatic hydroxyl groups excluding tert-OH is 1. The fraction of sp³-hybridized carbons (Fsp3) is 0.429. The van der Waals surface area contributed by atoms with Gasteiger partial charge in [-0.1, -0.05) is 11.3 Å². The Balaban J connectivity index is 1.73. The summed E-state index contributed by atoms with van der Waals surface area (Å²) in [6.07, 6.45) is 4.39. The summed E-state index contributed by atoms with van der Waals surface area (Å²) in [6, 6.07) is 5.94. The maximum atomic E-state index is 9.99. The monoisotopic (exact) mass is 259 g/mol. The molecule has 0 amide bonds. The van der Waals surface area contributed by atoms with Crippen molar-refractivity contribution in [3.8, 4) is 5.75 Å². The van der Waals surface area contributed by atoms with E-state index in [1.54, 1.807) is 4.68 Å². The average Bonchev–Trinajstić information content (AvgIpc) is 2.83. The molecule has 1 aromatic heterocycles. The van der Waals surface area contributed by atoms with E-state index in [-0.39, 0.29) is 6.10 Å². The first-order valence-electron chi connectivity index (χ1n) is 6.51. The minimum Gasteiger partial charge on any atom is -0.487 e. The van der Waals surface area contributed by atoms with Crippen LogP contribution in [0.25, 0.3) is 0 Å². The van der Waals surface area contributed by atoms with Crippen molar-refractivity contribution >= 4 is 0 Å². The molecule has 0 aliphatic heterocycles. The number of nitrogens with zero attached hydrogens (tertiary/aromatic N) is 3. The number of hydrogen-bond donors (Lipinski definition) is 1. The highest BCUT2D eigenvalue weighted by atomic mass is 16.5. The average molecular weight is 259 g/mol. The van der Waals surface area contributed by atoms with Crippen molar-refractivity contribution in [1.82, 2.24) is 15.0 Å². The minimum atomic E-state index is -0.358. The molecule has 1 atom stereocenters. The number of fused-ring (bicyclic) bond motifs is 1. The number of hydrogen-bond acceptors (Lipinski definition) is 4. The molecule has 2 aromatic rings. The van der Waals surface area contributed by atoms with Crippen LogP contribution in [0.5, 0.6) is 5.75 Å². The summed E-state index contributed by atoms with van der Waals surface area (Å²) in [5.41, 5.74) is 3.02. The van der Waals surface area contributed by atoms with Crippen LogP contribution < -0.4 is 4.74 Å². The third kappa shape index (κ3) is 2.61. The molecule has 100 valence electrons. The highest BCUT2D eigenvalue weighted by Gasteiger charge is 2.18. The molecule has 1 N–H and O–H groups in total. The normalized spacial score (nSPS) is 18.1. The zero-order valence-corrected chi connectivity index (χ0v) is 10.9. The highest BCUT2D eigenvalue weighted by Crippen LogP contribution is 2.32. The molecule has 0 spiro atoms. The first-order valence-corrected chi connectivity index (χ1v) is 6.51. The number of aliphatic hydroxyl groups is 1. The Morgan fingerprint density at radius 2 is 2.37 bits per heavy atom. The van der Waals surface area contributed by atoms with Gasteiger partial charge in [-0.15, -0.1) is 5.10 Å². The Hall–Kier alpha value is -1.88. The molecule has 1 aliphatic rings. The molecule has 5 nitrogen and oxygen atoms in total. The van der Waals surface area contributed by atoms with Crippen molar-refractivity contribution in [2.75, 3.05) is 0 Å². The molecule has 0 unspecified atom stereocenters. The van der Waals surface area contributed by atoms with E-state index in [4.69, 9.17) is 4.74 Å². The van der Waals surface area contributed by atoms with Crippen molar-refractivity contribution in [2.45, 2.75) is 32.0 Å². The molecular weight excluding hydrogens is 242 g/mol. The van der Waals surface area contributed by atoms with Gasteiger partial charge in [0.2, 0.25) is 0 Å². The first-order chi connectivity index (χ1) is 9.22. The van der Waals surface area contributed by atoms with E-state index in [1.165, 1.54) is 5.56 Å². The Labute approximate surface area is 111 Å². The molecule has 3 rings (SSSR count). The van der Waals surface area contributed by atoms with Crippen LogP contribution in [0.1, 0.15) is 35.8 Å². The molecule has 0 fully saturated rings. The van der Waals surface area contributed by atoms with E-state index in [0.29, 0.717) is 6.61 Å². The van der Waals surface area contributed by atoms with Gasteiger partial charge in [0.1, 0.15) is 18.1 Å². The van der Waals surface area contributed by atoms with Crippen molar-refractivity contribution < 1.29 is 9.84 Å². The van der Waals surface area contributed by atoms with Gasteiger partial charge < -0.3 is 9.84 Å². The van der Waals surface area contributed by atoms with Crippen molar-refractivity contribution in [3.63, 3.8) is 0 Å². The SMILES string of the molecule is Cn1cc(COc2ccc3c(c2)[C@@H](O)CCC3)nn1. The molecule has 1 aromatic carbocycles. The Morgan fingerprint density at radius 3 is 3.16 bits per heavy atom. The quantitative estimate of drug-likeness (QED) is 0.912. The van der Waals surface area contributed by atoms with Gasteiger partial charge >= 0.3 is 0 Å². The molecule has 1 aliphatic carbocycles. The van der Waals surface area contributed by atoms with Gasteiger partial charge in [-0.25, -0.2) is 0 Å². The summed E-state index contributed by atoms with van der Waals surface area (Å²) < 4.78 is 7.34. The van der Waals surface area contributed by atoms with Crippen LogP contribution >= 0.6 is 0 Å². The lowest BCUT2D eigenvalue weighted by molar-refractivity contribution is 0.156. The number of benzene rings is 1. The van der Waals surface area contributed by atoms with E-state index in [9.17, 15) is 5.11 Å². The first kappa shape index (κ1) is 12.2. The zero-order valence-electron chi connectivity index (χ0n) is 10.9. The number of ether oxygens (including phenoxy) is 1. The van der Waals surface area contributed by atoms with E-state index < -0.39 is 0 Å². The van der Waals surface area contributed by atoms with Crippen LogP contribution in [0.3, 0.4) is 0 Å². The molecular formula is C14H17N3O2. The largest absolute Gasteiger partial charge is 0.487 e. The van der Waals surface area contributed by atoms with Crippen LogP contribution in [0.15, 0.2) is 24.4 Å². The fourth-order valence-corrected chi connectivity index (χ4v) is 2.46. The molecule has 0 bridgehead atoms. The number of rotatable bonds is 3. The third-order valence-electron chi connectivity index (χ3n) is 3.44. The van der Waals surface area contributed by atoms with E-state index >= 15 is 0 Å². The standard InChI is InChI=1S/C14H17N3O2/c1-17-8-11(15-16-17)9-19-12-6-5-10-3-2-4-14(18)13(10)7-12/h5-8,14,18H,2-4,9H2,1H3/t14-/m0/s1. The summed E-state index contributed by atoms with van der Waals surface area (Å²) in [5, 5.41) is 17.8. The van der Waals surface area contributed by atoms with Crippen molar-refractivity contribution in [2.24, 2.45) is 7.05 Å². The van der Waals surface area contributed by atoms with Gasteiger partial charge in [0.15, 0.2) is 0 Å². The van der Waals surface area contributed by atoms with Crippen molar-refractivity contribution in [3.05, 3.63) is 41.2 Å². The molecule has 5 heteroatoms. The summed E-state index contributed by atoms with van der Waals surface area (Å²) in [4.78, 5) is 0. The summed E-state index contributed by atoms with van der Waals surface area (Å²) >= 11 is 0. The molecule has 0 saturated carbocycles. The van der Waals surface area contributed by atoms with Gasteiger partial charge in [0.05, 0.1) is 12.3 Å². The minimum absolute atomic E-state index is 0.358. The summed E-state index contributed by atoms with van der Waals surface area (Å²) in [5.74, 6) is 0.769. The fourth-order valence-electron chi connectivity index (χ4n) is 2.46. The second-order valence-corrected chi connectivity index (χ2v) is 4.94. The molecule has 0 radical (unpaired) electrons. The lowest BCUT2D eigenvalue weighted by Gasteiger charge is -2.21. The second-order valence-electron chi connectivity index (χ2n) is 4.94. The van der Waals surface area contributed by atoms with Gasteiger partial charge in [-0.3, -0.25) is 4.68 Å². The van der Waals surface area contributed by atoms with E-state index in [0.717, 1.165) is 36.3 Å². The topological polar surface area (TPSA) is 60.2 Å². The predicted molar refractivity (Wildman–Crippen MR) is 69.7 cm³/mol. The Kier molecular flexibility index (Phi) is 3.21. The second kappa shape index (κ2) is 5.01. The molecule has 19 heavy (non-hydrogen) atoms. The van der Waals surface area contributed by atoms with E-state index in [1.807, 2.05) is 31.4 Å². The number of aryl methyl sites for hydroxylation is 2. The lowest BCUT2D eigenvalue weighted by Crippen LogP contribution is -2.09. The summed E-state index contributed by atoms with van der Waals surface area (Å²) in [7, 11) is 1.83. The van der Waals surface area contributed by atoms with Gasteiger partial charge in [-0.2, -0.15) is 0 Å². The number of aromatic nitrogens is 3. The Morgan fingerprint density at radius 1 is 1.47 bits per heavy atom. The summed E-state index contributed by atoms with van der Waals surface area (Å²) in [6.45, 7) is 0.392. The smallest absolute Gasteiger partial charge is 0.134 e. The predicted octanol–water partition coefficient (Wildman–Crippen LogP) is 1.76. The van der Waals surface area contributed by atoms with Crippen LogP contribution in [-0.2, 0) is 20.1 Å². The maximum Gasteiger partial charge on any atom is 0.134 e. The zero-order chi connectivity index (χ0) is 13.2. The van der Waals surface area contributed by atoms with Crippen LogP contribution in [0.2, 0.25) is 0 Å². The van der Waals surface area contributed by atoms with Crippen LogP contribution in [-0.4, -0.2) is 20.1 Å². The van der Waals surface area contributed by atoms with Crippen molar-refractivity contribution in [1.29, 1.82) is 0 Å². The van der Waals surface area contributed by atoms with Gasteiger partial charge in [0, 0.05) is 7.05 Å². The third-order valence-corrected chi connectivity index (χ3v) is 3.44. The highest BCUT2D eigenvalue weighted by molar-refractivity contribution is 5.38.